The number of hydrogen-bond donors (Lipinski definition) is 3. The van der Waals surface area contributed by atoms with Crippen molar-refractivity contribution in [2.75, 3.05) is 33.6 Å². The van der Waals surface area contributed by atoms with Crippen molar-refractivity contribution < 1.29 is 28.6 Å². The number of nitrogens with two attached hydrogens (primary N) is 2. The molecule has 3 amide bonds. The highest BCUT2D eigenvalue weighted by Crippen LogP contribution is 2.35. The largest absolute Gasteiger partial charge is 0.497 e. The first-order valence-corrected chi connectivity index (χ1v) is 13.4. The van der Waals surface area contributed by atoms with Crippen molar-refractivity contribution in [3.05, 3.63) is 64.2 Å². The predicted molar refractivity (Wildman–Crippen MR) is 153 cm³/mol. The molecule has 0 saturated carbocycles. The predicted octanol–water partition coefficient (Wildman–Crippen LogP) is 3.40. The summed E-state index contributed by atoms with van der Waals surface area (Å²) < 4.78 is 20.2. The summed E-state index contributed by atoms with van der Waals surface area (Å²) in [5, 5.41) is 2.96. The van der Waals surface area contributed by atoms with E-state index in [1.165, 1.54) is 19.1 Å². The first-order valence-electron chi connectivity index (χ1n) is 12.6. The van der Waals surface area contributed by atoms with Crippen LogP contribution in [-0.4, -0.2) is 54.9 Å². The van der Waals surface area contributed by atoms with Gasteiger partial charge in [-0.05, 0) is 59.3 Å². The Bertz CT molecular complexity index is 1360. The summed E-state index contributed by atoms with van der Waals surface area (Å²) in [6.45, 7) is 4.53. The van der Waals surface area contributed by atoms with Crippen LogP contribution < -0.4 is 31.0 Å². The molecule has 2 aromatic carbocycles. The SMILES string of the molecule is COc1cccc(CN(C(=O)c2snc(C(N)=O)c2N)[C@@H](C(=O)NCCC(C)C)c2ccc(OC)c(OC)c2)c1. The number of ether oxygens (including phenoxy) is 3. The van der Waals surface area contributed by atoms with Crippen molar-refractivity contribution in [1.82, 2.24) is 14.6 Å². The van der Waals surface area contributed by atoms with Crippen LogP contribution in [0.25, 0.3) is 0 Å². The van der Waals surface area contributed by atoms with Gasteiger partial charge in [0.05, 0.1) is 27.0 Å². The van der Waals surface area contributed by atoms with Gasteiger partial charge in [-0.3, -0.25) is 14.4 Å². The lowest BCUT2D eigenvalue weighted by Gasteiger charge is -2.32. The number of benzene rings is 2. The van der Waals surface area contributed by atoms with E-state index < -0.39 is 23.8 Å². The van der Waals surface area contributed by atoms with Crippen LogP contribution in [0.2, 0.25) is 0 Å². The summed E-state index contributed by atoms with van der Waals surface area (Å²) in [6, 6.07) is 11.1. The van der Waals surface area contributed by atoms with Crippen LogP contribution in [0.5, 0.6) is 17.2 Å². The average molecular weight is 570 g/mol. The fourth-order valence-electron chi connectivity index (χ4n) is 4.08. The van der Waals surface area contributed by atoms with Crippen LogP contribution in [0, 0.1) is 5.92 Å². The number of carbonyl (C=O) groups excluding carboxylic acids is 3. The van der Waals surface area contributed by atoms with E-state index in [1.807, 2.05) is 6.07 Å². The van der Waals surface area contributed by atoms with Gasteiger partial charge in [0.1, 0.15) is 16.7 Å². The number of aromatic nitrogens is 1. The van der Waals surface area contributed by atoms with Crippen molar-refractivity contribution >= 4 is 34.9 Å². The summed E-state index contributed by atoms with van der Waals surface area (Å²) in [6.07, 6.45) is 0.748. The van der Waals surface area contributed by atoms with Crippen LogP contribution >= 0.6 is 11.5 Å². The molecule has 12 heteroatoms. The minimum absolute atomic E-state index is 0.00264. The van der Waals surface area contributed by atoms with E-state index in [1.54, 1.807) is 43.5 Å². The smallest absolute Gasteiger partial charge is 0.270 e. The molecule has 0 aliphatic rings. The number of methoxy groups -OCH3 is 3. The molecule has 0 bridgehead atoms. The van der Waals surface area contributed by atoms with Gasteiger partial charge in [0.25, 0.3) is 11.8 Å². The number of rotatable bonds is 13. The highest BCUT2D eigenvalue weighted by atomic mass is 32.1. The molecule has 3 rings (SSSR count). The normalized spacial score (nSPS) is 11.6. The standard InChI is InChI=1S/C28H35N5O6S/c1-16(2)11-12-31-27(35)24(18-9-10-20(38-4)21(14-18)39-5)33(15-17-7-6-8-19(13-17)37-3)28(36)25-22(29)23(26(30)34)32-40-25/h6-10,13-14,16,24H,11-12,15,29H2,1-5H3,(H2,30,34)(H,31,35)/t24-/m1/s1. The zero-order valence-corrected chi connectivity index (χ0v) is 24.0. The van der Waals surface area contributed by atoms with Gasteiger partial charge in [0, 0.05) is 13.1 Å². The van der Waals surface area contributed by atoms with Crippen molar-refractivity contribution in [2.45, 2.75) is 32.9 Å². The molecule has 5 N–H and O–H groups in total. The van der Waals surface area contributed by atoms with E-state index in [9.17, 15) is 14.4 Å². The highest BCUT2D eigenvalue weighted by molar-refractivity contribution is 7.09. The van der Waals surface area contributed by atoms with Crippen molar-refractivity contribution in [2.24, 2.45) is 11.7 Å². The number of carbonyl (C=O) groups is 3. The van der Waals surface area contributed by atoms with Gasteiger partial charge in [0.2, 0.25) is 5.91 Å². The van der Waals surface area contributed by atoms with Gasteiger partial charge in [0.15, 0.2) is 17.2 Å². The Kier molecular flexibility index (Phi) is 10.3. The number of nitrogens with zero attached hydrogens (tertiary/aromatic N) is 2. The number of amides is 3. The zero-order chi connectivity index (χ0) is 29.4. The summed E-state index contributed by atoms with van der Waals surface area (Å²) in [7, 11) is 4.54. The fraction of sp³-hybridized carbons (Fsp3) is 0.357. The Hall–Kier alpha value is -4.32. The molecule has 0 aliphatic heterocycles. The lowest BCUT2D eigenvalue weighted by atomic mass is 10.0. The van der Waals surface area contributed by atoms with E-state index in [4.69, 9.17) is 25.7 Å². The van der Waals surface area contributed by atoms with Crippen LogP contribution in [-0.2, 0) is 11.3 Å². The van der Waals surface area contributed by atoms with Gasteiger partial charge >= 0.3 is 0 Å². The Morgan fingerprint density at radius 1 is 1.02 bits per heavy atom. The van der Waals surface area contributed by atoms with Gasteiger partial charge in [-0.25, -0.2) is 0 Å². The maximum Gasteiger partial charge on any atom is 0.270 e. The second-order valence-corrected chi connectivity index (χ2v) is 10.2. The zero-order valence-electron chi connectivity index (χ0n) is 23.2. The van der Waals surface area contributed by atoms with Gasteiger partial charge in [-0.2, -0.15) is 4.37 Å². The van der Waals surface area contributed by atoms with Crippen LogP contribution in [0.3, 0.4) is 0 Å². The fourth-order valence-corrected chi connectivity index (χ4v) is 4.85. The van der Waals surface area contributed by atoms with Gasteiger partial charge in [-0.15, -0.1) is 0 Å². The maximum atomic E-state index is 14.1. The average Bonchev–Trinajstić information content (AvgIpc) is 3.33. The Morgan fingerprint density at radius 3 is 2.35 bits per heavy atom. The van der Waals surface area contributed by atoms with Crippen LogP contribution in [0.4, 0.5) is 5.69 Å². The summed E-state index contributed by atoms with van der Waals surface area (Å²) in [4.78, 5) is 41.2. The lowest BCUT2D eigenvalue weighted by molar-refractivity contribution is -0.126. The number of anilines is 1. The molecule has 0 radical (unpaired) electrons. The second kappa shape index (κ2) is 13.7. The van der Waals surface area contributed by atoms with E-state index >= 15 is 0 Å². The molecular weight excluding hydrogens is 534 g/mol. The summed E-state index contributed by atoms with van der Waals surface area (Å²) in [5.41, 5.74) is 12.4. The minimum atomic E-state index is -1.11. The van der Waals surface area contributed by atoms with Crippen molar-refractivity contribution in [3.8, 4) is 17.2 Å². The van der Waals surface area contributed by atoms with E-state index in [-0.39, 0.29) is 22.8 Å². The number of nitrogens with one attached hydrogen (secondary N) is 1. The Labute approximate surface area is 237 Å². The molecule has 0 unspecified atom stereocenters. The lowest BCUT2D eigenvalue weighted by Crippen LogP contribution is -2.43. The minimum Gasteiger partial charge on any atom is -0.497 e. The third-order valence-corrected chi connectivity index (χ3v) is 7.06. The number of hydrogen-bond acceptors (Lipinski definition) is 9. The van der Waals surface area contributed by atoms with Crippen LogP contribution in [0.15, 0.2) is 42.5 Å². The summed E-state index contributed by atoms with van der Waals surface area (Å²) >= 11 is 0.751. The molecular formula is C28H35N5O6S. The molecule has 0 spiro atoms. The van der Waals surface area contributed by atoms with Gasteiger partial charge < -0.3 is 35.9 Å². The molecule has 40 heavy (non-hydrogen) atoms. The third kappa shape index (κ3) is 7.00. The summed E-state index contributed by atoms with van der Waals surface area (Å²) in [5.74, 6) is -0.0435. The molecule has 0 aliphatic carbocycles. The maximum absolute atomic E-state index is 14.1. The van der Waals surface area contributed by atoms with Crippen molar-refractivity contribution in [3.63, 3.8) is 0 Å². The van der Waals surface area contributed by atoms with Crippen molar-refractivity contribution in [1.29, 1.82) is 0 Å². The molecule has 0 fully saturated rings. The molecule has 0 saturated heterocycles. The molecule has 1 heterocycles. The third-order valence-electron chi connectivity index (χ3n) is 6.21. The molecule has 1 atom stereocenters. The molecule has 3 aromatic rings. The van der Waals surface area contributed by atoms with E-state index in [0.29, 0.717) is 40.8 Å². The molecule has 11 nitrogen and oxygen atoms in total. The second-order valence-electron chi connectivity index (χ2n) is 9.41. The monoisotopic (exact) mass is 569 g/mol. The molecule has 1 aromatic heterocycles. The van der Waals surface area contributed by atoms with E-state index in [2.05, 4.69) is 23.5 Å². The van der Waals surface area contributed by atoms with E-state index in [0.717, 1.165) is 18.0 Å². The van der Waals surface area contributed by atoms with Crippen LogP contribution in [0.1, 0.15) is 57.6 Å². The topological polar surface area (TPSA) is 159 Å². The number of nitrogen functional groups attached to an aromatic ring is 1. The Morgan fingerprint density at radius 2 is 1.75 bits per heavy atom. The molecule has 214 valence electrons. The quantitative estimate of drug-likeness (QED) is 0.282. The highest BCUT2D eigenvalue weighted by Gasteiger charge is 2.35. The number of primary amides is 1. The first kappa shape index (κ1) is 30.2. The first-order chi connectivity index (χ1) is 19.1. The Balaban J connectivity index is 2.18. The van der Waals surface area contributed by atoms with Gasteiger partial charge in [-0.1, -0.05) is 32.0 Å².